The molecule has 0 aliphatic rings. The molecule has 0 bridgehead atoms. The fourth-order valence-electron chi connectivity index (χ4n) is 4.85. The van der Waals surface area contributed by atoms with E-state index in [1.807, 2.05) is 39.2 Å². The molecular formula is C33H59N3O3. The molecule has 0 aliphatic heterocycles. The minimum Gasteiger partial charge on any atom is -0.445 e. The molecule has 0 saturated heterocycles. The van der Waals surface area contributed by atoms with Crippen molar-refractivity contribution in [2.45, 2.75) is 130 Å². The van der Waals surface area contributed by atoms with Crippen LogP contribution in [0.4, 0.5) is 4.79 Å². The smallest absolute Gasteiger partial charge is 0.407 e. The average Bonchev–Trinajstić information content (AvgIpc) is 2.91. The summed E-state index contributed by atoms with van der Waals surface area (Å²) in [6, 6.07) is 5.63. The number of nitrogens with one attached hydrogen (secondary N) is 2. The molecule has 2 amide bonds. The number of amides is 2. The van der Waals surface area contributed by atoms with Gasteiger partial charge in [-0.25, -0.2) is 4.79 Å². The van der Waals surface area contributed by atoms with Crippen LogP contribution in [0.15, 0.2) is 18.2 Å². The van der Waals surface area contributed by atoms with Crippen LogP contribution >= 0.6 is 0 Å². The standard InChI is InChI=1S/C33H59N3O3/c1-5-6-7-8-9-10-11-12-13-14-15-16-17-18-19-20-25-34-32(37)30-24-21-23-29(2)31(30)28-39-33(38)35-26-22-27-36(3)4/h21,23-24H,5-20,22,25-28H2,1-4H3,(H,34,37)(H,35,38). The maximum absolute atomic E-state index is 12.8. The van der Waals surface area contributed by atoms with Gasteiger partial charge in [0.1, 0.15) is 6.61 Å². The average molecular weight is 546 g/mol. The van der Waals surface area contributed by atoms with Gasteiger partial charge in [-0.15, -0.1) is 0 Å². The number of hydrogen-bond acceptors (Lipinski definition) is 4. The molecule has 1 aromatic carbocycles. The number of rotatable bonds is 24. The second-order valence-electron chi connectivity index (χ2n) is 11.3. The van der Waals surface area contributed by atoms with Crippen molar-refractivity contribution in [1.82, 2.24) is 15.5 Å². The zero-order valence-electron chi connectivity index (χ0n) is 25.8. The van der Waals surface area contributed by atoms with Crippen LogP contribution < -0.4 is 10.6 Å². The van der Waals surface area contributed by atoms with Gasteiger partial charge in [0, 0.05) is 24.2 Å². The van der Waals surface area contributed by atoms with Crippen LogP contribution in [0.25, 0.3) is 0 Å². The quantitative estimate of drug-likeness (QED) is 0.129. The van der Waals surface area contributed by atoms with E-state index in [-0.39, 0.29) is 12.5 Å². The lowest BCUT2D eigenvalue weighted by atomic mass is 10.0. The number of hydrogen-bond donors (Lipinski definition) is 2. The van der Waals surface area contributed by atoms with Crippen molar-refractivity contribution < 1.29 is 14.3 Å². The molecule has 2 N–H and O–H groups in total. The predicted molar refractivity (Wildman–Crippen MR) is 164 cm³/mol. The van der Waals surface area contributed by atoms with Gasteiger partial charge < -0.3 is 20.3 Å². The van der Waals surface area contributed by atoms with Gasteiger partial charge in [-0.2, -0.15) is 0 Å². The third kappa shape index (κ3) is 18.8. The van der Waals surface area contributed by atoms with Crippen LogP contribution in [-0.2, 0) is 11.3 Å². The first-order valence-corrected chi connectivity index (χ1v) is 15.9. The molecule has 224 valence electrons. The van der Waals surface area contributed by atoms with Crippen molar-refractivity contribution in [2.24, 2.45) is 0 Å². The summed E-state index contributed by atoms with van der Waals surface area (Å²) in [5, 5.41) is 5.83. The van der Waals surface area contributed by atoms with Gasteiger partial charge in [0.2, 0.25) is 0 Å². The molecule has 0 aromatic heterocycles. The Labute approximate surface area is 240 Å². The van der Waals surface area contributed by atoms with E-state index in [2.05, 4.69) is 22.5 Å². The molecule has 0 spiro atoms. The highest BCUT2D eigenvalue weighted by molar-refractivity contribution is 5.96. The first-order valence-electron chi connectivity index (χ1n) is 15.9. The molecule has 0 unspecified atom stereocenters. The summed E-state index contributed by atoms with van der Waals surface area (Å²) in [5.41, 5.74) is 2.31. The monoisotopic (exact) mass is 545 g/mol. The predicted octanol–water partition coefficient (Wildman–Crippen LogP) is 8.16. The molecule has 0 radical (unpaired) electrons. The Bertz CT molecular complexity index is 767. The molecule has 0 aliphatic carbocycles. The molecule has 6 heteroatoms. The summed E-state index contributed by atoms with van der Waals surface area (Å²) in [6.07, 6.45) is 21.8. The molecule has 0 heterocycles. The van der Waals surface area contributed by atoms with Gasteiger partial charge in [0.25, 0.3) is 5.91 Å². The number of unbranched alkanes of at least 4 members (excludes halogenated alkanes) is 15. The highest BCUT2D eigenvalue weighted by Crippen LogP contribution is 2.16. The number of ether oxygens (including phenoxy) is 1. The van der Waals surface area contributed by atoms with E-state index in [4.69, 9.17) is 4.74 Å². The van der Waals surface area contributed by atoms with Gasteiger partial charge >= 0.3 is 6.09 Å². The lowest BCUT2D eigenvalue weighted by Crippen LogP contribution is -2.29. The van der Waals surface area contributed by atoms with E-state index in [0.29, 0.717) is 18.7 Å². The van der Waals surface area contributed by atoms with Gasteiger partial charge in [0.05, 0.1) is 0 Å². The first kappa shape index (κ1) is 34.9. The fraction of sp³-hybridized carbons (Fsp3) is 0.758. The minimum absolute atomic E-state index is 0.0913. The molecule has 6 nitrogen and oxygen atoms in total. The molecule has 0 fully saturated rings. The topological polar surface area (TPSA) is 70.7 Å². The van der Waals surface area contributed by atoms with Crippen LogP contribution in [0.2, 0.25) is 0 Å². The Hall–Kier alpha value is -2.08. The Kier molecular flexibility index (Phi) is 21.3. The Balaban J connectivity index is 2.11. The molecule has 39 heavy (non-hydrogen) atoms. The summed E-state index contributed by atoms with van der Waals surface area (Å²) in [5.74, 6) is -0.0929. The maximum Gasteiger partial charge on any atom is 0.407 e. The SMILES string of the molecule is CCCCCCCCCCCCCCCCCCNC(=O)c1cccc(C)c1COC(=O)NCCCN(C)C. The van der Waals surface area contributed by atoms with E-state index >= 15 is 0 Å². The summed E-state index contributed by atoms with van der Waals surface area (Å²) >= 11 is 0. The molecule has 1 aromatic rings. The number of nitrogens with zero attached hydrogens (tertiary/aromatic N) is 1. The van der Waals surface area contributed by atoms with Crippen molar-refractivity contribution >= 4 is 12.0 Å². The second-order valence-corrected chi connectivity index (χ2v) is 11.3. The van der Waals surface area contributed by atoms with Crippen LogP contribution in [0.1, 0.15) is 138 Å². The zero-order valence-corrected chi connectivity index (χ0v) is 25.8. The van der Waals surface area contributed by atoms with Crippen molar-refractivity contribution in [3.05, 3.63) is 34.9 Å². The van der Waals surface area contributed by atoms with E-state index in [9.17, 15) is 9.59 Å². The van der Waals surface area contributed by atoms with Crippen LogP contribution in [-0.4, -0.2) is 50.6 Å². The molecular weight excluding hydrogens is 486 g/mol. The Morgan fingerprint density at radius 1 is 0.718 bits per heavy atom. The van der Waals surface area contributed by atoms with Crippen molar-refractivity contribution in [3.63, 3.8) is 0 Å². The third-order valence-corrected chi connectivity index (χ3v) is 7.37. The van der Waals surface area contributed by atoms with E-state index in [1.165, 1.54) is 89.9 Å². The largest absolute Gasteiger partial charge is 0.445 e. The Morgan fingerprint density at radius 3 is 1.77 bits per heavy atom. The van der Waals surface area contributed by atoms with Crippen molar-refractivity contribution in [3.8, 4) is 0 Å². The van der Waals surface area contributed by atoms with Crippen LogP contribution in [0, 0.1) is 6.92 Å². The fourth-order valence-corrected chi connectivity index (χ4v) is 4.85. The zero-order chi connectivity index (χ0) is 28.6. The number of alkyl carbamates (subject to hydrolysis) is 1. The summed E-state index contributed by atoms with van der Waals surface area (Å²) in [4.78, 5) is 27.0. The van der Waals surface area contributed by atoms with Gasteiger partial charge in [-0.05, 0) is 52.0 Å². The summed E-state index contributed by atoms with van der Waals surface area (Å²) in [7, 11) is 4.01. The summed E-state index contributed by atoms with van der Waals surface area (Å²) in [6.45, 7) is 6.46. The molecule has 1 rings (SSSR count). The van der Waals surface area contributed by atoms with E-state index < -0.39 is 6.09 Å². The van der Waals surface area contributed by atoms with Crippen LogP contribution in [0.5, 0.6) is 0 Å². The van der Waals surface area contributed by atoms with Gasteiger partial charge in [-0.1, -0.05) is 115 Å². The van der Waals surface area contributed by atoms with E-state index in [1.54, 1.807) is 0 Å². The second kappa shape index (κ2) is 23.8. The molecule has 0 saturated carbocycles. The first-order chi connectivity index (χ1) is 19.0. The van der Waals surface area contributed by atoms with E-state index in [0.717, 1.165) is 36.9 Å². The van der Waals surface area contributed by atoms with Gasteiger partial charge in [0.15, 0.2) is 0 Å². The van der Waals surface area contributed by atoms with Gasteiger partial charge in [-0.3, -0.25) is 4.79 Å². The number of carbonyl (C=O) groups is 2. The number of aryl methyl sites for hydroxylation is 1. The number of carbonyl (C=O) groups excluding carboxylic acids is 2. The lowest BCUT2D eigenvalue weighted by Gasteiger charge is -2.14. The van der Waals surface area contributed by atoms with Crippen molar-refractivity contribution in [1.29, 1.82) is 0 Å². The Morgan fingerprint density at radius 2 is 1.23 bits per heavy atom. The van der Waals surface area contributed by atoms with Crippen molar-refractivity contribution in [2.75, 3.05) is 33.7 Å². The normalized spacial score (nSPS) is 11.1. The highest BCUT2D eigenvalue weighted by atomic mass is 16.5. The lowest BCUT2D eigenvalue weighted by molar-refractivity contribution is 0.0946. The van der Waals surface area contributed by atoms with Crippen LogP contribution in [0.3, 0.4) is 0 Å². The minimum atomic E-state index is -0.448. The highest BCUT2D eigenvalue weighted by Gasteiger charge is 2.14. The third-order valence-electron chi connectivity index (χ3n) is 7.37. The molecule has 0 atom stereocenters. The summed E-state index contributed by atoms with van der Waals surface area (Å²) < 4.78 is 5.40. The number of benzene rings is 1. The maximum atomic E-state index is 12.8.